The van der Waals surface area contributed by atoms with Gasteiger partial charge in [-0.05, 0) is 40.6 Å². The second-order valence-electron chi connectivity index (χ2n) is 6.35. The quantitative estimate of drug-likeness (QED) is 0.701. The van der Waals surface area contributed by atoms with Gasteiger partial charge in [-0.15, -0.1) is 0 Å². The van der Waals surface area contributed by atoms with Crippen molar-refractivity contribution in [3.8, 4) is 0 Å². The molecule has 0 bridgehead atoms. The molecule has 2 aliphatic rings. The zero-order valence-corrected chi connectivity index (χ0v) is 16.0. The molecule has 2 aromatic rings. The van der Waals surface area contributed by atoms with Crippen LogP contribution >= 0.6 is 15.9 Å². The summed E-state index contributed by atoms with van der Waals surface area (Å²) in [6, 6.07) is 2.95. The van der Waals surface area contributed by atoms with Crippen LogP contribution in [-0.4, -0.2) is 49.2 Å². The maximum absolute atomic E-state index is 14.0. The summed E-state index contributed by atoms with van der Waals surface area (Å²) in [5, 5.41) is 9.23. The summed E-state index contributed by atoms with van der Waals surface area (Å²) in [6.07, 6.45) is 3.36. The Labute approximate surface area is 166 Å². The fourth-order valence-corrected chi connectivity index (χ4v) is 3.34. The van der Waals surface area contributed by atoms with Crippen molar-refractivity contribution in [2.45, 2.75) is 25.6 Å². The molecule has 4 rings (SSSR count). The van der Waals surface area contributed by atoms with Gasteiger partial charge in [0.15, 0.2) is 23.1 Å². The number of carbonyl (C=O) groups excluding carboxylic acids is 1. The van der Waals surface area contributed by atoms with Gasteiger partial charge in [0, 0.05) is 12.8 Å². The van der Waals surface area contributed by atoms with Crippen molar-refractivity contribution >= 4 is 39.0 Å². The monoisotopic (exact) mass is 448 g/mol. The van der Waals surface area contributed by atoms with Crippen LogP contribution in [0.2, 0.25) is 0 Å². The van der Waals surface area contributed by atoms with E-state index in [0.717, 1.165) is 6.42 Å². The van der Waals surface area contributed by atoms with Crippen LogP contribution in [0.4, 0.5) is 4.39 Å². The van der Waals surface area contributed by atoms with Crippen LogP contribution in [0.25, 0.3) is 11.2 Å². The molecule has 1 atom stereocenters. The number of aromatic nitrogens is 3. The first-order valence-corrected chi connectivity index (χ1v) is 9.23. The van der Waals surface area contributed by atoms with Crippen molar-refractivity contribution in [1.82, 2.24) is 19.4 Å². The molecule has 1 N–H and O–H groups in total. The first-order valence-electron chi connectivity index (χ1n) is 8.44. The first-order chi connectivity index (χ1) is 13.5. The molecule has 8 nitrogen and oxygen atoms in total. The van der Waals surface area contributed by atoms with E-state index < -0.39 is 11.8 Å². The second-order valence-corrected chi connectivity index (χ2v) is 7.20. The molecule has 10 heteroatoms. The highest BCUT2D eigenvalue weighted by atomic mass is 79.9. The van der Waals surface area contributed by atoms with Crippen molar-refractivity contribution in [2.75, 3.05) is 6.61 Å². The molecule has 0 aliphatic carbocycles. The number of nitrogens with zero attached hydrogens (tertiary/aromatic N) is 4. The number of ether oxygens (including phenoxy) is 1. The number of carboxylic acid groups (broad SMARTS) is 1. The minimum absolute atomic E-state index is 0.0322. The van der Waals surface area contributed by atoms with Crippen molar-refractivity contribution in [3.05, 3.63) is 51.9 Å². The van der Waals surface area contributed by atoms with Crippen LogP contribution in [0.3, 0.4) is 0 Å². The van der Waals surface area contributed by atoms with Gasteiger partial charge in [0.2, 0.25) is 0 Å². The molecule has 0 aromatic carbocycles. The number of hydrogen-bond acceptors (Lipinski definition) is 6. The minimum atomic E-state index is -1.14. The Morgan fingerprint density at radius 2 is 2.21 bits per heavy atom. The highest BCUT2D eigenvalue weighted by molar-refractivity contribution is 9.12. The molecule has 2 aromatic heterocycles. The predicted molar refractivity (Wildman–Crippen MR) is 99.8 cm³/mol. The van der Waals surface area contributed by atoms with Gasteiger partial charge in [-0.25, -0.2) is 23.9 Å². The number of rotatable bonds is 5. The molecule has 1 saturated heterocycles. The number of hydrogen-bond donors (Lipinski definition) is 1. The fraction of sp³-hybridized carbons (Fsp3) is 0.278. The van der Waals surface area contributed by atoms with Crippen LogP contribution in [-0.2, 0) is 22.6 Å². The van der Waals surface area contributed by atoms with Gasteiger partial charge < -0.3 is 19.3 Å². The molecule has 1 fully saturated rings. The van der Waals surface area contributed by atoms with E-state index in [1.165, 1.54) is 23.2 Å². The Hall–Kier alpha value is -2.81. The van der Waals surface area contributed by atoms with Crippen LogP contribution in [0.1, 0.15) is 22.7 Å². The van der Waals surface area contributed by atoms with Crippen LogP contribution < -0.4 is 0 Å². The highest BCUT2D eigenvalue weighted by Gasteiger charge is 2.25. The third kappa shape index (κ3) is 3.37. The van der Waals surface area contributed by atoms with E-state index in [0.29, 0.717) is 30.1 Å². The second kappa shape index (κ2) is 7.31. The van der Waals surface area contributed by atoms with Gasteiger partial charge in [-0.3, -0.25) is 0 Å². The number of fused-ring (bicyclic) bond motifs is 1. The van der Waals surface area contributed by atoms with E-state index in [4.69, 9.17) is 4.74 Å². The highest BCUT2D eigenvalue weighted by Crippen LogP contribution is 2.29. The summed E-state index contributed by atoms with van der Waals surface area (Å²) in [7, 11) is 0. The number of allylic oxidation sites excluding steroid dienone is 3. The van der Waals surface area contributed by atoms with Crippen molar-refractivity contribution in [1.29, 1.82) is 0 Å². The molecule has 0 radical (unpaired) electrons. The average molecular weight is 449 g/mol. The van der Waals surface area contributed by atoms with Crippen LogP contribution in [0.15, 0.2) is 40.4 Å². The van der Waals surface area contributed by atoms with E-state index in [1.54, 1.807) is 16.6 Å². The predicted octanol–water partition coefficient (Wildman–Crippen LogP) is 2.54. The van der Waals surface area contributed by atoms with Crippen molar-refractivity contribution in [3.63, 3.8) is 0 Å². The largest absolute Gasteiger partial charge is 0.477 e. The maximum atomic E-state index is 14.0. The summed E-state index contributed by atoms with van der Waals surface area (Å²) < 4.78 is 21.4. The van der Waals surface area contributed by atoms with Gasteiger partial charge in [0.25, 0.3) is 0 Å². The number of imidazole rings is 1. The standard InChI is InChI=1S/C18H14BrFN4O4/c19-12-5-10(9-25)23(7-13(12)20)8-16-21-14-1-2-15(18(26)27)22-17(14)24(16)6-11-3-4-28-11/h1-2,5,7,11H,3-4,6,8H2,(H,26,27)/t11-/m0/s1. The lowest BCUT2D eigenvalue weighted by molar-refractivity contribution is -0.0591. The number of carboxylic acids is 1. The summed E-state index contributed by atoms with van der Waals surface area (Å²) in [4.78, 5) is 32.7. The Kier molecular flexibility index (Phi) is 4.84. The van der Waals surface area contributed by atoms with Crippen molar-refractivity contribution in [2.24, 2.45) is 0 Å². The molecule has 0 unspecified atom stereocenters. The summed E-state index contributed by atoms with van der Waals surface area (Å²) in [6.45, 7) is 1.18. The fourth-order valence-electron chi connectivity index (χ4n) is 3.02. The molecule has 0 saturated carbocycles. The van der Waals surface area contributed by atoms with Gasteiger partial charge in [-0.2, -0.15) is 0 Å². The molecule has 28 heavy (non-hydrogen) atoms. The molecular weight excluding hydrogens is 435 g/mol. The average Bonchev–Trinajstić information content (AvgIpc) is 2.97. The number of halogens is 2. The van der Waals surface area contributed by atoms with Crippen LogP contribution in [0.5, 0.6) is 0 Å². The van der Waals surface area contributed by atoms with E-state index >= 15 is 0 Å². The summed E-state index contributed by atoms with van der Waals surface area (Å²) in [5.74, 6) is 0.616. The number of aromatic carboxylic acids is 1. The van der Waals surface area contributed by atoms with E-state index in [9.17, 15) is 19.1 Å². The third-order valence-electron chi connectivity index (χ3n) is 4.56. The lowest BCUT2D eigenvalue weighted by atomic mass is 10.2. The Bertz CT molecular complexity index is 1080. The molecule has 144 valence electrons. The third-order valence-corrected chi connectivity index (χ3v) is 5.16. The van der Waals surface area contributed by atoms with E-state index in [-0.39, 0.29) is 28.5 Å². The van der Waals surface area contributed by atoms with Gasteiger partial charge in [0.05, 0.1) is 23.7 Å². The maximum Gasteiger partial charge on any atom is 0.354 e. The molecule has 2 aliphatic heterocycles. The zero-order valence-electron chi connectivity index (χ0n) is 14.4. The lowest BCUT2D eigenvalue weighted by Gasteiger charge is -2.28. The SMILES string of the molecule is O=C=C1C=C(Br)C(F)=CN1Cc1nc2ccc(C(=O)O)nc2n1C[C@@H]1CCO1. The zero-order chi connectivity index (χ0) is 19.8. The summed E-state index contributed by atoms with van der Waals surface area (Å²) in [5.41, 5.74) is 0.958. The van der Waals surface area contributed by atoms with Gasteiger partial charge in [-0.1, -0.05) is 0 Å². The van der Waals surface area contributed by atoms with E-state index in [2.05, 4.69) is 25.9 Å². The summed E-state index contributed by atoms with van der Waals surface area (Å²) >= 11 is 3.05. The Morgan fingerprint density at radius 1 is 1.43 bits per heavy atom. The normalized spacial score (nSPS) is 19.1. The van der Waals surface area contributed by atoms with Gasteiger partial charge in [0.1, 0.15) is 17.0 Å². The number of carbonyl (C=O) groups is 1. The topological polar surface area (TPSA) is 97.5 Å². The van der Waals surface area contributed by atoms with Crippen LogP contribution in [0, 0.1) is 0 Å². The molecule has 0 spiro atoms. The Balaban J connectivity index is 1.76. The lowest BCUT2D eigenvalue weighted by Crippen LogP contribution is -2.32. The van der Waals surface area contributed by atoms with E-state index in [1.807, 2.05) is 0 Å². The minimum Gasteiger partial charge on any atom is -0.477 e. The molecule has 0 amide bonds. The Morgan fingerprint density at radius 3 is 2.86 bits per heavy atom. The first kappa shape index (κ1) is 18.5. The molecular formula is C18H14BrFN4O4. The van der Waals surface area contributed by atoms with Crippen molar-refractivity contribution < 1.29 is 23.8 Å². The molecule has 4 heterocycles. The van der Waals surface area contributed by atoms with Gasteiger partial charge >= 0.3 is 5.97 Å². The number of pyridine rings is 1. The smallest absolute Gasteiger partial charge is 0.354 e.